The molecule has 0 heterocycles. The second kappa shape index (κ2) is 7.44. The molecule has 4 nitrogen and oxygen atoms in total. The standard InChI is InChI=1S/C8H19NO3S/c1-7(13(2)12)3-4-9-5-8(11)6-10/h7-11H,3-6H2,1-2H3. The van der Waals surface area contributed by atoms with E-state index in [0.717, 1.165) is 13.0 Å². The maximum absolute atomic E-state index is 10.9. The van der Waals surface area contributed by atoms with Crippen molar-refractivity contribution < 1.29 is 14.4 Å². The normalized spacial score (nSPS) is 18.2. The van der Waals surface area contributed by atoms with Gasteiger partial charge in [-0.25, -0.2) is 0 Å². The minimum Gasteiger partial charge on any atom is -0.394 e. The lowest BCUT2D eigenvalue weighted by molar-refractivity contribution is 0.0946. The summed E-state index contributed by atoms with van der Waals surface area (Å²) in [7, 11) is -0.778. The first-order chi connectivity index (χ1) is 6.07. The minimum atomic E-state index is -0.778. The van der Waals surface area contributed by atoms with Gasteiger partial charge in [-0.2, -0.15) is 0 Å². The number of rotatable bonds is 7. The summed E-state index contributed by atoms with van der Waals surface area (Å²) in [6.45, 7) is 2.82. The Bertz CT molecular complexity index is 154. The van der Waals surface area contributed by atoms with Crippen molar-refractivity contribution in [3.05, 3.63) is 0 Å². The maximum Gasteiger partial charge on any atom is 0.0894 e. The second-order valence-electron chi connectivity index (χ2n) is 3.14. The van der Waals surface area contributed by atoms with E-state index in [1.54, 1.807) is 6.26 Å². The molecule has 0 fully saturated rings. The quantitative estimate of drug-likeness (QED) is 0.475. The van der Waals surface area contributed by atoms with E-state index >= 15 is 0 Å². The van der Waals surface area contributed by atoms with Gasteiger partial charge in [0.2, 0.25) is 0 Å². The summed E-state index contributed by atoms with van der Waals surface area (Å²) >= 11 is 0. The Hall–Kier alpha value is 0.0300. The van der Waals surface area contributed by atoms with E-state index in [1.807, 2.05) is 6.92 Å². The van der Waals surface area contributed by atoms with E-state index < -0.39 is 16.9 Å². The van der Waals surface area contributed by atoms with Crippen LogP contribution in [0, 0.1) is 0 Å². The zero-order valence-corrected chi connectivity index (χ0v) is 9.01. The second-order valence-corrected chi connectivity index (χ2v) is 4.94. The summed E-state index contributed by atoms with van der Waals surface area (Å²) in [5, 5.41) is 20.6. The van der Waals surface area contributed by atoms with Gasteiger partial charge in [0.05, 0.1) is 12.7 Å². The van der Waals surface area contributed by atoms with E-state index in [4.69, 9.17) is 10.2 Å². The first-order valence-electron chi connectivity index (χ1n) is 4.39. The molecule has 3 N–H and O–H groups in total. The molecule has 0 aromatic heterocycles. The first-order valence-corrected chi connectivity index (χ1v) is 6.02. The summed E-state index contributed by atoms with van der Waals surface area (Å²) in [6, 6.07) is 0. The van der Waals surface area contributed by atoms with Crippen LogP contribution >= 0.6 is 0 Å². The van der Waals surface area contributed by atoms with Crippen molar-refractivity contribution in [2.75, 3.05) is 26.0 Å². The molecule has 0 amide bonds. The molecular weight excluding hydrogens is 190 g/mol. The fourth-order valence-corrected chi connectivity index (χ4v) is 1.25. The van der Waals surface area contributed by atoms with Crippen molar-refractivity contribution in [3.63, 3.8) is 0 Å². The Morgan fingerprint density at radius 3 is 2.62 bits per heavy atom. The van der Waals surface area contributed by atoms with Crippen LogP contribution in [-0.2, 0) is 10.8 Å². The SMILES string of the molecule is CC(CCNCC(O)CO)S(C)=O. The molecule has 0 rings (SSSR count). The molecule has 0 saturated carbocycles. The van der Waals surface area contributed by atoms with Crippen molar-refractivity contribution in [3.8, 4) is 0 Å². The number of hydrogen-bond donors (Lipinski definition) is 3. The lowest BCUT2D eigenvalue weighted by Crippen LogP contribution is -2.31. The van der Waals surface area contributed by atoms with E-state index in [-0.39, 0.29) is 11.9 Å². The Balaban J connectivity index is 3.30. The highest BCUT2D eigenvalue weighted by molar-refractivity contribution is 7.84. The van der Waals surface area contributed by atoms with Gasteiger partial charge in [-0.15, -0.1) is 0 Å². The lowest BCUT2D eigenvalue weighted by atomic mass is 10.3. The molecule has 0 aromatic carbocycles. The summed E-state index contributed by atoms with van der Waals surface area (Å²) in [6.07, 6.45) is 1.82. The van der Waals surface area contributed by atoms with Gasteiger partial charge in [-0.05, 0) is 13.0 Å². The molecule has 0 spiro atoms. The molecule has 0 aliphatic heterocycles. The van der Waals surface area contributed by atoms with Crippen LogP contribution in [0.1, 0.15) is 13.3 Å². The van der Waals surface area contributed by atoms with E-state index in [1.165, 1.54) is 0 Å². The van der Waals surface area contributed by atoms with Gasteiger partial charge in [0.1, 0.15) is 0 Å². The van der Waals surface area contributed by atoms with Crippen molar-refractivity contribution in [1.29, 1.82) is 0 Å². The van der Waals surface area contributed by atoms with E-state index in [2.05, 4.69) is 5.32 Å². The number of aliphatic hydroxyl groups is 2. The van der Waals surface area contributed by atoms with Crippen molar-refractivity contribution in [1.82, 2.24) is 5.32 Å². The minimum absolute atomic E-state index is 0.179. The fourth-order valence-electron chi connectivity index (χ4n) is 0.805. The monoisotopic (exact) mass is 209 g/mol. The molecule has 13 heavy (non-hydrogen) atoms. The van der Waals surface area contributed by atoms with Crippen LogP contribution in [0.2, 0.25) is 0 Å². The van der Waals surface area contributed by atoms with Gasteiger partial charge in [-0.3, -0.25) is 4.21 Å². The van der Waals surface area contributed by atoms with Crippen molar-refractivity contribution in [2.24, 2.45) is 0 Å². The number of hydrogen-bond acceptors (Lipinski definition) is 4. The van der Waals surface area contributed by atoms with Gasteiger partial charge >= 0.3 is 0 Å². The van der Waals surface area contributed by atoms with Crippen LogP contribution in [-0.4, -0.2) is 51.7 Å². The fraction of sp³-hybridized carbons (Fsp3) is 1.00. The van der Waals surface area contributed by atoms with E-state index in [0.29, 0.717) is 6.54 Å². The number of aliphatic hydroxyl groups excluding tert-OH is 2. The van der Waals surface area contributed by atoms with Crippen LogP contribution in [0.5, 0.6) is 0 Å². The molecule has 0 radical (unpaired) electrons. The van der Waals surface area contributed by atoms with Gasteiger partial charge in [0.15, 0.2) is 0 Å². The molecule has 3 atom stereocenters. The zero-order valence-electron chi connectivity index (χ0n) is 8.19. The van der Waals surface area contributed by atoms with Gasteiger partial charge < -0.3 is 15.5 Å². The molecule has 0 aromatic rings. The summed E-state index contributed by atoms with van der Waals surface area (Å²) in [4.78, 5) is 0. The molecule has 80 valence electrons. The molecule has 0 bridgehead atoms. The molecular formula is C8H19NO3S. The van der Waals surface area contributed by atoms with Crippen LogP contribution in [0.25, 0.3) is 0 Å². The van der Waals surface area contributed by atoms with E-state index in [9.17, 15) is 4.21 Å². The van der Waals surface area contributed by atoms with Crippen molar-refractivity contribution >= 4 is 10.8 Å². The van der Waals surface area contributed by atoms with Crippen LogP contribution in [0.4, 0.5) is 0 Å². The summed E-state index contributed by atoms with van der Waals surface area (Å²) in [5.41, 5.74) is 0. The highest BCUT2D eigenvalue weighted by Gasteiger charge is 2.05. The molecule has 0 aliphatic carbocycles. The van der Waals surface area contributed by atoms with Crippen molar-refractivity contribution in [2.45, 2.75) is 24.7 Å². The molecule has 0 saturated heterocycles. The predicted octanol–water partition coefficient (Wildman–Crippen LogP) is -0.914. The zero-order chi connectivity index (χ0) is 10.3. The average Bonchev–Trinajstić information content (AvgIpc) is 2.11. The third-order valence-corrected chi connectivity index (χ3v) is 3.25. The van der Waals surface area contributed by atoms with Gasteiger partial charge in [0.25, 0.3) is 0 Å². The maximum atomic E-state index is 10.9. The van der Waals surface area contributed by atoms with Crippen LogP contribution in [0.15, 0.2) is 0 Å². The third-order valence-electron chi connectivity index (χ3n) is 1.88. The smallest absolute Gasteiger partial charge is 0.0894 e. The lowest BCUT2D eigenvalue weighted by Gasteiger charge is -2.11. The van der Waals surface area contributed by atoms with Crippen LogP contribution < -0.4 is 5.32 Å². The van der Waals surface area contributed by atoms with Gasteiger partial charge in [-0.1, -0.05) is 6.92 Å². The summed E-state index contributed by atoms with van der Waals surface area (Å²) in [5.74, 6) is 0. The third kappa shape index (κ3) is 7.13. The number of nitrogens with one attached hydrogen (secondary N) is 1. The first kappa shape index (κ1) is 13.0. The average molecular weight is 209 g/mol. The largest absolute Gasteiger partial charge is 0.394 e. The molecule has 0 aliphatic rings. The predicted molar refractivity (Wildman–Crippen MR) is 54.1 cm³/mol. The molecule has 5 heteroatoms. The molecule has 3 unspecified atom stereocenters. The Kier molecular flexibility index (Phi) is 7.45. The Labute approximate surface area is 81.8 Å². The highest BCUT2D eigenvalue weighted by Crippen LogP contribution is 1.96. The Morgan fingerprint density at radius 2 is 2.15 bits per heavy atom. The summed E-state index contributed by atoms with van der Waals surface area (Å²) < 4.78 is 10.9. The topological polar surface area (TPSA) is 69.6 Å². The van der Waals surface area contributed by atoms with Crippen LogP contribution in [0.3, 0.4) is 0 Å². The van der Waals surface area contributed by atoms with Gasteiger partial charge in [0, 0.05) is 28.9 Å². The Morgan fingerprint density at radius 1 is 1.54 bits per heavy atom. The highest BCUT2D eigenvalue weighted by atomic mass is 32.2.